The van der Waals surface area contributed by atoms with Gasteiger partial charge in [0.2, 0.25) is 0 Å². The number of rotatable bonds is 1. The first-order valence-corrected chi connectivity index (χ1v) is 17.3. The van der Waals surface area contributed by atoms with Crippen LogP contribution in [0.2, 0.25) is 0 Å². The largest absolute Gasteiger partial charge is 0.0725 e. The zero-order chi connectivity index (χ0) is 31.8. The minimum absolute atomic E-state index is 0.360. The van der Waals surface area contributed by atoms with Crippen molar-refractivity contribution in [1.82, 2.24) is 0 Å². The highest BCUT2D eigenvalue weighted by Crippen LogP contribution is 2.65. The summed E-state index contributed by atoms with van der Waals surface area (Å²) in [6.07, 6.45) is 0. The van der Waals surface area contributed by atoms with Gasteiger partial charge in [0.1, 0.15) is 0 Å². The maximum atomic E-state index is 2.57. The minimum atomic E-state index is -0.360. The predicted molar refractivity (Wildman–Crippen MR) is 205 cm³/mol. The van der Waals surface area contributed by atoms with Gasteiger partial charge in [0.05, 0.1) is 5.41 Å². The van der Waals surface area contributed by atoms with Crippen molar-refractivity contribution in [2.45, 2.75) is 5.41 Å². The van der Waals surface area contributed by atoms with Crippen LogP contribution in [0.3, 0.4) is 0 Å². The van der Waals surface area contributed by atoms with Crippen LogP contribution in [0.1, 0.15) is 22.3 Å². The number of benzene rings is 9. The van der Waals surface area contributed by atoms with Crippen molar-refractivity contribution in [3.63, 3.8) is 0 Å². The van der Waals surface area contributed by atoms with Crippen molar-refractivity contribution in [2.24, 2.45) is 0 Å². The fourth-order valence-corrected chi connectivity index (χ4v) is 9.87. The zero-order valence-corrected chi connectivity index (χ0v) is 26.7. The first kappa shape index (κ1) is 25.8. The van der Waals surface area contributed by atoms with Crippen molar-refractivity contribution in [3.8, 4) is 55.6 Å². The smallest absolute Gasteiger partial charge is 0.0619 e. The third-order valence-electron chi connectivity index (χ3n) is 11.8. The predicted octanol–water partition coefficient (Wildman–Crippen LogP) is 12.8. The first-order valence-electron chi connectivity index (χ1n) is 17.3. The molecular weight excluding hydrogens is 589 g/mol. The van der Waals surface area contributed by atoms with Crippen LogP contribution in [0.25, 0.3) is 88.0 Å². The second-order valence-corrected chi connectivity index (χ2v) is 13.9. The Labute approximate surface area is 284 Å². The highest BCUT2D eigenvalue weighted by atomic mass is 14.5. The Morgan fingerprint density at radius 2 is 0.878 bits per heavy atom. The molecule has 0 aromatic heterocycles. The fourth-order valence-electron chi connectivity index (χ4n) is 9.87. The summed E-state index contributed by atoms with van der Waals surface area (Å²) < 4.78 is 0. The molecule has 49 heavy (non-hydrogen) atoms. The van der Waals surface area contributed by atoms with Gasteiger partial charge in [0.25, 0.3) is 0 Å². The summed E-state index contributed by atoms with van der Waals surface area (Å²) in [5.74, 6) is 0. The van der Waals surface area contributed by atoms with E-state index in [1.807, 2.05) is 0 Å². The lowest BCUT2D eigenvalue weighted by atomic mass is 9.70. The zero-order valence-electron chi connectivity index (χ0n) is 26.7. The molecule has 0 N–H and O–H groups in total. The maximum Gasteiger partial charge on any atom is 0.0725 e. The van der Waals surface area contributed by atoms with E-state index in [1.54, 1.807) is 0 Å². The summed E-state index contributed by atoms with van der Waals surface area (Å²) in [6, 6.07) is 64.2. The third kappa shape index (κ3) is 3.07. The van der Waals surface area contributed by atoms with Gasteiger partial charge in [-0.2, -0.15) is 0 Å². The fraction of sp³-hybridized carbons (Fsp3) is 0.0204. The molecular formula is C49H28. The van der Waals surface area contributed by atoms with Crippen LogP contribution in [0.5, 0.6) is 0 Å². The van der Waals surface area contributed by atoms with Gasteiger partial charge in [-0.3, -0.25) is 0 Å². The summed E-state index contributed by atoms with van der Waals surface area (Å²) in [6.45, 7) is 0. The molecule has 12 rings (SSSR count). The average molecular weight is 617 g/mol. The number of hydrogen-bond acceptors (Lipinski definition) is 0. The van der Waals surface area contributed by atoms with Gasteiger partial charge in [-0.05, 0) is 128 Å². The molecule has 0 amide bonds. The molecule has 0 atom stereocenters. The van der Waals surface area contributed by atoms with Gasteiger partial charge in [-0.1, -0.05) is 152 Å². The Kier molecular flexibility index (Phi) is 4.74. The van der Waals surface area contributed by atoms with Crippen LogP contribution in [0.4, 0.5) is 0 Å². The molecule has 0 fully saturated rings. The van der Waals surface area contributed by atoms with Crippen molar-refractivity contribution in [3.05, 3.63) is 192 Å². The van der Waals surface area contributed by atoms with Crippen LogP contribution in [-0.4, -0.2) is 0 Å². The van der Waals surface area contributed by atoms with Crippen LogP contribution in [0.15, 0.2) is 170 Å². The van der Waals surface area contributed by atoms with Crippen molar-refractivity contribution in [2.75, 3.05) is 0 Å². The summed E-state index contributed by atoms with van der Waals surface area (Å²) >= 11 is 0. The molecule has 1 spiro atoms. The molecule has 0 saturated carbocycles. The second kappa shape index (κ2) is 9.01. The summed E-state index contributed by atoms with van der Waals surface area (Å²) in [4.78, 5) is 0. The van der Waals surface area contributed by atoms with Crippen molar-refractivity contribution >= 4 is 32.3 Å². The average Bonchev–Trinajstić information content (AvgIpc) is 3.77. The van der Waals surface area contributed by atoms with E-state index >= 15 is 0 Å². The van der Waals surface area contributed by atoms with Crippen LogP contribution >= 0.6 is 0 Å². The number of hydrogen-bond donors (Lipinski definition) is 0. The minimum Gasteiger partial charge on any atom is -0.0619 e. The van der Waals surface area contributed by atoms with Crippen molar-refractivity contribution < 1.29 is 0 Å². The summed E-state index contributed by atoms with van der Waals surface area (Å²) in [5, 5.41) is 7.90. The Bertz CT molecular complexity index is 2890. The molecule has 0 radical (unpaired) electrons. The van der Waals surface area contributed by atoms with Crippen LogP contribution < -0.4 is 0 Å². The monoisotopic (exact) mass is 616 g/mol. The molecule has 0 unspecified atom stereocenters. The standard InChI is InChI=1S/C49H28/c1-2-11-33-29(10-1)20-21-32-26-30(22-24-34(32)33)31-23-25-35-38-15-9-16-40-47(38)42(41(35)27-31)28-46-48(40)39-14-5-8-19-45(39)49(46)43-17-6-3-12-36(43)37-13-4-7-18-44(37)49/h1-28H. The van der Waals surface area contributed by atoms with Crippen LogP contribution in [0, 0.1) is 0 Å². The summed E-state index contributed by atoms with van der Waals surface area (Å²) in [7, 11) is 0. The maximum absolute atomic E-state index is 2.57. The molecule has 224 valence electrons. The van der Waals surface area contributed by atoms with Crippen molar-refractivity contribution in [1.29, 1.82) is 0 Å². The molecule has 0 heterocycles. The Balaban J connectivity index is 1.14. The quantitative estimate of drug-likeness (QED) is 0.161. The van der Waals surface area contributed by atoms with E-state index in [0.717, 1.165) is 0 Å². The van der Waals surface area contributed by atoms with Crippen LogP contribution in [-0.2, 0) is 5.41 Å². The van der Waals surface area contributed by atoms with Gasteiger partial charge >= 0.3 is 0 Å². The van der Waals surface area contributed by atoms with Gasteiger partial charge in [0, 0.05) is 0 Å². The highest BCUT2D eigenvalue weighted by Gasteiger charge is 2.52. The van der Waals surface area contributed by atoms with Gasteiger partial charge in [0.15, 0.2) is 0 Å². The number of fused-ring (bicyclic) bond motifs is 17. The van der Waals surface area contributed by atoms with E-state index < -0.39 is 0 Å². The summed E-state index contributed by atoms with van der Waals surface area (Å²) in [5.41, 5.74) is 18.5. The second-order valence-electron chi connectivity index (χ2n) is 13.9. The molecule has 0 nitrogen and oxygen atoms in total. The Hall–Kier alpha value is -6.24. The Morgan fingerprint density at radius 1 is 0.286 bits per heavy atom. The van der Waals surface area contributed by atoms with Gasteiger partial charge in [-0.15, -0.1) is 0 Å². The molecule has 9 aromatic rings. The van der Waals surface area contributed by atoms with E-state index in [4.69, 9.17) is 0 Å². The van der Waals surface area contributed by atoms with E-state index in [0.29, 0.717) is 0 Å². The first-order chi connectivity index (χ1) is 24.3. The molecule has 0 aliphatic heterocycles. The third-order valence-corrected chi connectivity index (χ3v) is 11.8. The SMILES string of the molecule is c1ccc2c(c1)-c1ccccc1C21c2ccccc2-c2c1cc1c3c(cccc23)-c2ccc(-c3ccc4c(ccc5ccccc54)c3)cc2-1. The molecule has 0 heteroatoms. The Morgan fingerprint density at radius 3 is 1.69 bits per heavy atom. The lowest BCUT2D eigenvalue weighted by Gasteiger charge is -2.30. The molecule has 0 bridgehead atoms. The molecule has 9 aromatic carbocycles. The van der Waals surface area contributed by atoms with E-state index in [1.165, 1.54) is 110 Å². The molecule has 3 aliphatic rings. The highest BCUT2D eigenvalue weighted by molar-refractivity contribution is 6.21. The van der Waals surface area contributed by atoms with E-state index in [9.17, 15) is 0 Å². The molecule has 3 aliphatic carbocycles. The van der Waals surface area contributed by atoms with Gasteiger partial charge < -0.3 is 0 Å². The topological polar surface area (TPSA) is 0 Å². The molecule has 0 saturated heterocycles. The van der Waals surface area contributed by atoms with E-state index in [-0.39, 0.29) is 5.41 Å². The normalized spacial score (nSPS) is 13.9. The lowest BCUT2D eigenvalue weighted by Crippen LogP contribution is -2.25. The van der Waals surface area contributed by atoms with Gasteiger partial charge in [-0.25, -0.2) is 0 Å². The van der Waals surface area contributed by atoms with E-state index in [2.05, 4.69) is 170 Å². The lowest BCUT2D eigenvalue weighted by molar-refractivity contribution is 0.795.